The Morgan fingerprint density at radius 3 is 2.56 bits per heavy atom. The minimum absolute atomic E-state index is 0.120. The van der Waals surface area contributed by atoms with E-state index in [9.17, 15) is 13.6 Å². The molecule has 1 aromatic rings. The van der Waals surface area contributed by atoms with Gasteiger partial charge in [-0.3, -0.25) is 4.79 Å². The van der Waals surface area contributed by atoms with E-state index in [0.717, 1.165) is 12.1 Å². The van der Waals surface area contributed by atoms with E-state index < -0.39 is 11.6 Å². The molecule has 1 aromatic carbocycles. The van der Waals surface area contributed by atoms with Crippen LogP contribution in [0, 0.1) is 17.6 Å². The van der Waals surface area contributed by atoms with Crippen LogP contribution in [0.1, 0.15) is 19.4 Å². The van der Waals surface area contributed by atoms with Crippen molar-refractivity contribution in [2.24, 2.45) is 5.92 Å². The number of esters is 1. The molecule has 18 heavy (non-hydrogen) atoms. The average molecular weight is 257 g/mol. The Morgan fingerprint density at radius 1 is 1.33 bits per heavy atom. The maximum Gasteiger partial charge on any atom is 0.309 e. The minimum Gasteiger partial charge on any atom is -0.469 e. The highest BCUT2D eigenvalue weighted by Crippen LogP contribution is 2.10. The van der Waals surface area contributed by atoms with Crippen molar-refractivity contribution in [3.8, 4) is 0 Å². The Bertz CT molecular complexity index is 423. The van der Waals surface area contributed by atoms with Gasteiger partial charge in [-0.15, -0.1) is 0 Å². The number of nitrogens with one attached hydrogen (secondary N) is 1. The van der Waals surface area contributed by atoms with Crippen LogP contribution in [-0.2, 0) is 16.1 Å². The highest BCUT2D eigenvalue weighted by Gasteiger charge is 2.20. The van der Waals surface area contributed by atoms with Crippen LogP contribution in [0.5, 0.6) is 0 Å². The van der Waals surface area contributed by atoms with Crippen LogP contribution < -0.4 is 5.32 Å². The summed E-state index contributed by atoms with van der Waals surface area (Å²) in [6.07, 6.45) is 0. The molecule has 0 aromatic heterocycles. The van der Waals surface area contributed by atoms with Crippen molar-refractivity contribution in [2.45, 2.75) is 26.4 Å². The monoisotopic (exact) mass is 257 g/mol. The summed E-state index contributed by atoms with van der Waals surface area (Å²) in [6, 6.07) is 3.60. The van der Waals surface area contributed by atoms with Crippen molar-refractivity contribution in [1.29, 1.82) is 0 Å². The fraction of sp³-hybridized carbons (Fsp3) is 0.462. The van der Waals surface area contributed by atoms with Crippen molar-refractivity contribution in [3.05, 3.63) is 35.4 Å². The second kappa shape index (κ2) is 6.44. The van der Waals surface area contributed by atoms with Gasteiger partial charge in [0, 0.05) is 12.6 Å². The number of carbonyl (C=O) groups is 1. The molecule has 0 amide bonds. The van der Waals surface area contributed by atoms with Crippen molar-refractivity contribution in [3.63, 3.8) is 0 Å². The van der Waals surface area contributed by atoms with E-state index in [0.29, 0.717) is 12.1 Å². The summed E-state index contributed by atoms with van der Waals surface area (Å²) in [4.78, 5) is 11.3. The SMILES string of the molecule is COC(=O)C(C)C(C)NCc1ccc(F)c(F)c1. The summed E-state index contributed by atoms with van der Waals surface area (Å²) in [5.41, 5.74) is 0.623. The Morgan fingerprint density at radius 2 is 2.00 bits per heavy atom. The van der Waals surface area contributed by atoms with E-state index in [2.05, 4.69) is 10.1 Å². The lowest BCUT2D eigenvalue weighted by molar-refractivity contribution is -0.145. The molecule has 0 aliphatic carbocycles. The highest BCUT2D eigenvalue weighted by molar-refractivity contribution is 5.72. The number of benzene rings is 1. The van der Waals surface area contributed by atoms with Gasteiger partial charge in [-0.2, -0.15) is 0 Å². The van der Waals surface area contributed by atoms with Crippen LogP contribution in [0.15, 0.2) is 18.2 Å². The lowest BCUT2D eigenvalue weighted by Crippen LogP contribution is -2.36. The summed E-state index contributed by atoms with van der Waals surface area (Å²) in [7, 11) is 1.33. The normalized spacial score (nSPS) is 14.1. The molecule has 0 aliphatic rings. The number of halogens is 2. The smallest absolute Gasteiger partial charge is 0.309 e. The van der Waals surface area contributed by atoms with Crippen molar-refractivity contribution < 1.29 is 18.3 Å². The van der Waals surface area contributed by atoms with E-state index in [-0.39, 0.29) is 17.9 Å². The van der Waals surface area contributed by atoms with Gasteiger partial charge in [0.2, 0.25) is 0 Å². The third-order valence-electron chi connectivity index (χ3n) is 2.94. The molecule has 0 radical (unpaired) electrons. The van der Waals surface area contributed by atoms with Gasteiger partial charge in [-0.1, -0.05) is 13.0 Å². The molecule has 0 heterocycles. The van der Waals surface area contributed by atoms with Gasteiger partial charge in [-0.25, -0.2) is 8.78 Å². The van der Waals surface area contributed by atoms with Crippen LogP contribution in [0.4, 0.5) is 8.78 Å². The quantitative estimate of drug-likeness (QED) is 0.822. The molecular weight excluding hydrogens is 240 g/mol. The molecule has 0 fully saturated rings. The van der Waals surface area contributed by atoms with Crippen LogP contribution in [0.25, 0.3) is 0 Å². The molecule has 0 saturated carbocycles. The largest absolute Gasteiger partial charge is 0.469 e. The van der Waals surface area contributed by atoms with Gasteiger partial charge >= 0.3 is 5.97 Å². The number of methoxy groups -OCH3 is 1. The summed E-state index contributed by atoms with van der Waals surface area (Å²) < 4.78 is 30.3. The second-order valence-electron chi connectivity index (χ2n) is 4.23. The summed E-state index contributed by atoms with van der Waals surface area (Å²) in [5.74, 6) is -2.35. The predicted octanol–water partition coefficient (Wildman–Crippen LogP) is 2.25. The Balaban J connectivity index is 2.54. The van der Waals surface area contributed by atoms with Gasteiger partial charge in [0.15, 0.2) is 11.6 Å². The highest BCUT2D eigenvalue weighted by atomic mass is 19.2. The van der Waals surface area contributed by atoms with Crippen LogP contribution >= 0.6 is 0 Å². The first-order chi connectivity index (χ1) is 8.45. The zero-order valence-corrected chi connectivity index (χ0v) is 10.7. The van der Waals surface area contributed by atoms with Gasteiger partial charge < -0.3 is 10.1 Å². The fourth-order valence-electron chi connectivity index (χ4n) is 1.50. The zero-order chi connectivity index (χ0) is 13.7. The maximum atomic E-state index is 13.0. The first-order valence-electron chi connectivity index (χ1n) is 5.70. The minimum atomic E-state index is -0.872. The fourth-order valence-corrected chi connectivity index (χ4v) is 1.50. The van der Waals surface area contributed by atoms with Crippen molar-refractivity contribution in [1.82, 2.24) is 5.32 Å². The molecule has 0 spiro atoms. The summed E-state index contributed by atoms with van der Waals surface area (Å²) >= 11 is 0. The van der Waals surface area contributed by atoms with E-state index in [1.165, 1.54) is 13.2 Å². The Labute approximate surface area is 105 Å². The standard InChI is InChI=1S/C13H17F2NO2/c1-8(13(17)18-3)9(2)16-7-10-4-5-11(14)12(15)6-10/h4-6,8-9,16H,7H2,1-3H3. The van der Waals surface area contributed by atoms with Crippen molar-refractivity contribution >= 4 is 5.97 Å². The predicted molar refractivity (Wildman–Crippen MR) is 63.8 cm³/mol. The third-order valence-corrected chi connectivity index (χ3v) is 2.94. The molecule has 0 aliphatic heterocycles. The topological polar surface area (TPSA) is 38.3 Å². The molecule has 1 N–H and O–H groups in total. The average Bonchev–Trinajstić information content (AvgIpc) is 2.37. The molecular formula is C13H17F2NO2. The number of carbonyl (C=O) groups excluding carboxylic acids is 1. The van der Waals surface area contributed by atoms with E-state index >= 15 is 0 Å². The number of rotatable bonds is 5. The lowest BCUT2D eigenvalue weighted by atomic mass is 10.0. The molecule has 3 nitrogen and oxygen atoms in total. The van der Waals surface area contributed by atoms with E-state index in [1.807, 2.05) is 6.92 Å². The third kappa shape index (κ3) is 3.77. The molecule has 0 bridgehead atoms. The molecule has 2 unspecified atom stereocenters. The van der Waals surface area contributed by atoms with Crippen LogP contribution in [-0.4, -0.2) is 19.1 Å². The van der Waals surface area contributed by atoms with Gasteiger partial charge in [0.05, 0.1) is 13.0 Å². The second-order valence-corrected chi connectivity index (χ2v) is 4.23. The molecule has 100 valence electrons. The number of ether oxygens (including phenoxy) is 1. The first kappa shape index (κ1) is 14.6. The van der Waals surface area contributed by atoms with Crippen LogP contribution in [0.3, 0.4) is 0 Å². The van der Waals surface area contributed by atoms with E-state index in [1.54, 1.807) is 6.92 Å². The zero-order valence-electron chi connectivity index (χ0n) is 10.7. The molecule has 2 atom stereocenters. The summed E-state index contributed by atoms with van der Waals surface area (Å²) in [6.45, 7) is 3.94. The summed E-state index contributed by atoms with van der Waals surface area (Å²) in [5, 5.41) is 3.07. The lowest BCUT2D eigenvalue weighted by Gasteiger charge is -2.19. The first-order valence-corrected chi connectivity index (χ1v) is 5.70. The molecule has 5 heteroatoms. The number of hydrogen-bond donors (Lipinski definition) is 1. The Hall–Kier alpha value is -1.49. The Kier molecular flexibility index (Phi) is 5.22. The maximum absolute atomic E-state index is 13.0. The number of hydrogen-bond acceptors (Lipinski definition) is 3. The van der Waals surface area contributed by atoms with Crippen molar-refractivity contribution in [2.75, 3.05) is 7.11 Å². The molecule has 1 rings (SSSR count). The van der Waals surface area contributed by atoms with Gasteiger partial charge in [0.25, 0.3) is 0 Å². The van der Waals surface area contributed by atoms with Crippen LogP contribution in [0.2, 0.25) is 0 Å². The van der Waals surface area contributed by atoms with E-state index in [4.69, 9.17) is 0 Å². The van der Waals surface area contributed by atoms with Gasteiger partial charge in [-0.05, 0) is 24.6 Å². The van der Waals surface area contributed by atoms with Gasteiger partial charge in [0.1, 0.15) is 0 Å². The molecule has 0 saturated heterocycles.